The minimum atomic E-state index is -0.312. The van der Waals surface area contributed by atoms with Crippen molar-refractivity contribution in [1.29, 1.82) is 0 Å². The summed E-state index contributed by atoms with van der Waals surface area (Å²) in [4.78, 5) is 27.8. The number of nitrogens with one attached hydrogen (secondary N) is 1. The lowest BCUT2D eigenvalue weighted by atomic mass is 10.0. The van der Waals surface area contributed by atoms with Crippen molar-refractivity contribution in [1.82, 2.24) is 4.90 Å². The van der Waals surface area contributed by atoms with Crippen LogP contribution in [0.3, 0.4) is 0 Å². The molecule has 170 valence electrons. The van der Waals surface area contributed by atoms with Crippen molar-refractivity contribution in [2.75, 3.05) is 25.1 Å². The number of ether oxygens (including phenoxy) is 2. The number of amides is 2. The minimum absolute atomic E-state index is 0.167. The molecule has 0 spiro atoms. The number of anilines is 1. The maximum Gasteiger partial charge on any atom is 0.278 e. The zero-order chi connectivity index (χ0) is 23.3. The molecule has 0 saturated carbocycles. The molecule has 0 atom stereocenters. The highest BCUT2D eigenvalue weighted by Gasteiger charge is 2.39. The first-order valence-electron chi connectivity index (χ1n) is 11.1. The molecule has 2 aromatic carbocycles. The number of carbonyl (C=O) groups is 2. The number of rotatable bonds is 10. The molecule has 2 aromatic rings. The SMILES string of the molecule is CCOc1ccc(NC2=C(c3ccc(OCC(C)C)cc3)C(=O)N(CC(C)C)C2=O)cc1. The third-order valence-corrected chi connectivity index (χ3v) is 4.88. The lowest BCUT2D eigenvalue weighted by molar-refractivity contribution is -0.137. The normalized spacial score (nSPS) is 14.0. The van der Waals surface area contributed by atoms with Gasteiger partial charge in [0, 0.05) is 12.2 Å². The molecule has 6 nitrogen and oxygen atoms in total. The second kappa shape index (κ2) is 10.4. The summed E-state index contributed by atoms with van der Waals surface area (Å²) in [6.07, 6.45) is 0. The van der Waals surface area contributed by atoms with Crippen LogP contribution >= 0.6 is 0 Å². The Morgan fingerprint density at radius 1 is 0.812 bits per heavy atom. The molecule has 1 aliphatic heterocycles. The summed E-state index contributed by atoms with van der Waals surface area (Å²) in [7, 11) is 0. The highest BCUT2D eigenvalue weighted by Crippen LogP contribution is 2.32. The van der Waals surface area contributed by atoms with Gasteiger partial charge in [0.1, 0.15) is 17.2 Å². The molecular weight excluding hydrogens is 404 g/mol. The van der Waals surface area contributed by atoms with E-state index in [-0.39, 0.29) is 23.4 Å². The Morgan fingerprint density at radius 2 is 1.41 bits per heavy atom. The van der Waals surface area contributed by atoms with Crippen molar-refractivity contribution >= 4 is 23.1 Å². The highest BCUT2D eigenvalue weighted by molar-refractivity contribution is 6.36. The molecule has 0 bridgehead atoms. The summed E-state index contributed by atoms with van der Waals surface area (Å²) in [6, 6.07) is 14.7. The first-order valence-corrected chi connectivity index (χ1v) is 11.1. The molecule has 1 heterocycles. The molecule has 0 unspecified atom stereocenters. The van der Waals surface area contributed by atoms with Crippen molar-refractivity contribution in [3.63, 3.8) is 0 Å². The maximum atomic E-state index is 13.2. The van der Waals surface area contributed by atoms with E-state index in [1.165, 1.54) is 4.90 Å². The van der Waals surface area contributed by atoms with Crippen LogP contribution in [0.15, 0.2) is 54.2 Å². The van der Waals surface area contributed by atoms with Crippen molar-refractivity contribution in [2.45, 2.75) is 34.6 Å². The Bertz CT molecular complexity index is 976. The summed E-state index contributed by atoms with van der Waals surface area (Å²) < 4.78 is 11.2. The molecule has 0 radical (unpaired) electrons. The van der Waals surface area contributed by atoms with Gasteiger partial charge in [-0.1, -0.05) is 39.8 Å². The molecule has 6 heteroatoms. The van der Waals surface area contributed by atoms with Crippen molar-refractivity contribution < 1.29 is 19.1 Å². The number of hydrogen-bond acceptors (Lipinski definition) is 5. The smallest absolute Gasteiger partial charge is 0.278 e. The molecular formula is C26H32N2O4. The van der Waals surface area contributed by atoms with E-state index < -0.39 is 0 Å². The second-order valence-corrected chi connectivity index (χ2v) is 8.68. The molecule has 1 aliphatic rings. The van der Waals surface area contributed by atoms with E-state index in [1.807, 2.05) is 69.3 Å². The van der Waals surface area contributed by atoms with Gasteiger partial charge in [-0.2, -0.15) is 0 Å². The van der Waals surface area contributed by atoms with E-state index in [0.717, 1.165) is 11.5 Å². The first kappa shape index (κ1) is 23.4. The van der Waals surface area contributed by atoms with E-state index in [2.05, 4.69) is 19.2 Å². The average molecular weight is 437 g/mol. The van der Waals surface area contributed by atoms with Crippen molar-refractivity contribution in [2.24, 2.45) is 11.8 Å². The first-order chi connectivity index (χ1) is 15.3. The predicted molar refractivity (Wildman–Crippen MR) is 126 cm³/mol. The van der Waals surface area contributed by atoms with Gasteiger partial charge in [-0.25, -0.2) is 0 Å². The zero-order valence-electron chi connectivity index (χ0n) is 19.5. The monoisotopic (exact) mass is 436 g/mol. The topological polar surface area (TPSA) is 67.9 Å². The van der Waals surface area contributed by atoms with Crippen LogP contribution < -0.4 is 14.8 Å². The Hall–Kier alpha value is -3.28. The van der Waals surface area contributed by atoms with E-state index in [9.17, 15) is 9.59 Å². The highest BCUT2D eigenvalue weighted by atomic mass is 16.5. The summed E-state index contributed by atoms with van der Waals surface area (Å²) in [5, 5.41) is 3.18. The van der Waals surface area contributed by atoms with Gasteiger partial charge < -0.3 is 14.8 Å². The van der Waals surface area contributed by atoms with Gasteiger partial charge >= 0.3 is 0 Å². The van der Waals surface area contributed by atoms with Gasteiger partial charge in [-0.05, 0) is 60.7 Å². The molecule has 3 rings (SSSR count). The van der Waals surface area contributed by atoms with Gasteiger partial charge in [-0.3, -0.25) is 14.5 Å². The van der Waals surface area contributed by atoms with Gasteiger partial charge in [0.05, 0.1) is 18.8 Å². The quantitative estimate of drug-likeness (QED) is 0.533. The van der Waals surface area contributed by atoms with Gasteiger partial charge in [-0.15, -0.1) is 0 Å². The summed E-state index contributed by atoms with van der Waals surface area (Å²) in [6.45, 7) is 11.6. The lowest BCUT2D eigenvalue weighted by Gasteiger charge is -2.17. The number of benzene rings is 2. The van der Waals surface area contributed by atoms with Crippen molar-refractivity contribution in [3.05, 3.63) is 59.8 Å². The minimum Gasteiger partial charge on any atom is -0.494 e. The Balaban J connectivity index is 1.93. The Labute approximate surface area is 190 Å². The van der Waals surface area contributed by atoms with E-state index >= 15 is 0 Å². The second-order valence-electron chi connectivity index (χ2n) is 8.68. The predicted octanol–water partition coefficient (Wildman–Crippen LogP) is 4.97. The van der Waals surface area contributed by atoms with E-state index in [4.69, 9.17) is 9.47 Å². The van der Waals surface area contributed by atoms with Crippen LogP contribution in [0.4, 0.5) is 5.69 Å². The molecule has 0 aromatic heterocycles. The molecule has 0 fully saturated rings. The summed E-state index contributed by atoms with van der Waals surface area (Å²) in [5.41, 5.74) is 2.06. The summed E-state index contributed by atoms with van der Waals surface area (Å²) >= 11 is 0. The number of imide groups is 1. The Morgan fingerprint density at radius 3 is 1.97 bits per heavy atom. The molecule has 0 aliphatic carbocycles. The largest absolute Gasteiger partial charge is 0.494 e. The number of hydrogen-bond donors (Lipinski definition) is 1. The van der Waals surface area contributed by atoms with Crippen LogP contribution in [-0.2, 0) is 9.59 Å². The van der Waals surface area contributed by atoms with Gasteiger partial charge in [0.2, 0.25) is 0 Å². The van der Waals surface area contributed by atoms with Crippen molar-refractivity contribution in [3.8, 4) is 11.5 Å². The van der Waals surface area contributed by atoms with Crippen LogP contribution in [0.5, 0.6) is 11.5 Å². The fourth-order valence-corrected chi connectivity index (χ4v) is 3.42. The average Bonchev–Trinajstić information content (AvgIpc) is 2.98. The number of nitrogens with zero attached hydrogens (tertiary/aromatic N) is 1. The molecule has 32 heavy (non-hydrogen) atoms. The fraction of sp³-hybridized carbons (Fsp3) is 0.385. The molecule has 0 saturated heterocycles. The summed E-state index contributed by atoms with van der Waals surface area (Å²) in [5.74, 6) is 1.47. The van der Waals surface area contributed by atoms with Crippen LogP contribution in [0.1, 0.15) is 40.2 Å². The van der Waals surface area contributed by atoms with E-state index in [0.29, 0.717) is 42.5 Å². The van der Waals surface area contributed by atoms with Crippen LogP contribution in [0.25, 0.3) is 5.57 Å². The lowest BCUT2D eigenvalue weighted by Crippen LogP contribution is -2.35. The zero-order valence-corrected chi connectivity index (χ0v) is 19.5. The van der Waals surface area contributed by atoms with E-state index in [1.54, 1.807) is 0 Å². The van der Waals surface area contributed by atoms with Crippen LogP contribution in [0.2, 0.25) is 0 Å². The standard InChI is InChI=1S/C26H32N2O4/c1-6-31-21-13-9-20(10-14-21)27-24-23(25(29)28(26(24)30)15-17(2)3)19-7-11-22(12-8-19)32-16-18(4)5/h7-14,17-18,27H,6,15-16H2,1-5H3. The molecule has 2 amide bonds. The fourth-order valence-electron chi connectivity index (χ4n) is 3.42. The number of carbonyl (C=O) groups excluding carboxylic acids is 2. The molecule has 1 N–H and O–H groups in total. The van der Waals surface area contributed by atoms with Crippen LogP contribution in [-0.4, -0.2) is 36.5 Å². The van der Waals surface area contributed by atoms with Crippen LogP contribution in [0, 0.1) is 11.8 Å². The van der Waals surface area contributed by atoms with Gasteiger partial charge in [0.25, 0.3) is 11.8 Å². The Kier molecular flexibility index (Phi) is 7.57. The van der Waals surface area contributed by atoms with Gasteiger partial charge in [0.15, 0.2) is 0 Å². The third kappa shape index (κ3) is 5.49. The maximum absolute atomic E-state index is 13.2. The third-order valence-electron chi connectivity index (χ3n) is 4.88.